The molecule has 0 aromatic carbocycles. The van der Waals surface area contributed by atoms with E-state index >= 15 is 0 Å². The van der Waals surface area contributed by atoms with Gasteiger partial charge in [-0.05, 0) is 46.6 Å². The van der Waals surface area contributed by atoms with Gasteiger partial charge in [-0.2, -0.15) is 0 Å². The first kappa shape index (κ1) is 14.2. The lowest BCUT2D eigenvalue weighted by Crippen LogP contribution is -2.14. The van der Waals surface area contributed by atoms with Gasteiger partial charge in [-0.25, -0.2) is 18.4 Å². The second-order valence-electron chi connectivity index (χ2n) is 3.73. The van der Waals surface area contributed by atoms with E-state index in [-0.39, 0.29) is 10.0 Å². The van der Waals surface area contributed by atoms with E-state index in [1.807, 2.05) is 6.92 Å². The molecule has 0 aliphatic carbocycles. The van der Waals surface area contributed by atoms with E-state index < -0.39 is 10.0 Å². The molecule has 5 nitrogen and oxygen atoms in total. The average molecular weight is 363 g/mol. The molecule has 0 unspecified atom stereocenters. The van der Waals surface area contributed by atoms with E-state index in [1.54, 1.807) is 6.07 Å². The van der Waals surface area contributed by atoms with Crippen LogP contribution in [0.2, 0.25) is 5.15 Å². The van der Waals surface area contributed by atoms with Gasteiger partial charge in [-0.1, -0.05) is 11.6 Å². The topological polar surface area (TPSA) is 72.0 Å². The molecule has 0 aliphatic rings. The van der Waals surface area contributed by atoms with E-state index in [2.05, 4.69) is 30.6 Å². The van der Waals surface area contributed by atoms with Crippen LogP contribution in [-0.4, -0.2) is 18.4 Å². The first-order valence-electron chi connectivity index (χ1n) is 5.15. The van der Waals surface area contributed by atoms with Crippen molar-refractivity contribution < 1.29 is 8.42 Å². The largest absolute Gasteiger partial charge is 0.278 e. The fraction of sp³-hybridized carbons (Fsp3) is 0.0909. The van der Waals surface area contributed by atoms with Crippen LogP contribution in [-0.2, 0) is 10.0 Å². The minimum absolute atomic E-state index is 0.0720. The predicted molar refractivity (Wildman–Crippen MR) is 76.7 cm³/mol. The molecular formula is C11H9BrClN3O2S. The van der Waals surface area contributed by atoms with Crippen LogP contribution in [0.3, 0.4) is 0 Å². The van der Waals surface area contributed by atoms with Crippen molar-refractivity contribution in [1.82, 2.24) is 9.97 Å². The molecule has 2 aromatic heterocycles. The Balaban J connectivity index is 2.37. The van der Waals surface area contributed by atoms with E-state index in [4.69, 9.17) is 11.6 Å². The molecule has 19 heavy (non-hydrogen) atoms. The predicted octanol–water partition coefficient (Wildman–Crippen LogP) is 3.00. The summed E-state index contributed by atoms with van der Waals surface area (Å²) in [5.41, 5.74) is 1.18. The number of halogens is 2. The molecule has 1 N–H and O–H groups in total. The van der Waals surface area contributed by atoms with Crippen LogP contribution in [0.4, 0.5) is 5.69 Å². The fourth-order valence-electron chi connectivity index (χ4n) is 1.40. The number of anilines is 1. The van der Waals surface area contributed by atoms with Gasteiger partial charge in [0.15, 0.2) is 0 Å². The highest BCUT2D eigenvalue weighted by atomic mass is 79.9. The summed E-state index contributed by atoms with van der Waals surface area (Å²) in [6, 6.07) is 4.56. The van der Waals surface area contributed by atoms with Gasteiger partial charge in [0.25, 0.3) is 10.0 Å². The SMILES string of the molecule is Cc1cc(NS(=O)(=O)c2cccnc2Cl)cnc1Br. The number of nitrogens with zero attached hydrogens (tertiary/aromatic N) is 2. The van der Waals surface area contributed by atoms with E-state index in [0.717, 1.165) is 5.56 Å². The minimum atomic E-state index is -3.77. The van der Waals surface area contributed by atoms with Gasteiger partial charge in [0.1, 0.15) is 14.7 Å². The fourth-order valence-corrected chi connectivity index (χ4v) is 3.10. The maximum Gasteiger partial charge on any atom is 0.265 e. The lowest BCUT2D eigenvalue weighted by atomic mass is 10.3. The normalized spacial score (nSPS) is 11.3. The van der Waals surface area contributed by atoms with Gasteiger partial charge in [0.05, 0.1) is 11.9 Å². The monoisotopic (exact) mass is 361 g/mol. The standard InChI is InChI=1S/C11H9BrClN3O2S/c1-7-5-8(6-15-10(7)12)16-19(17,18)9-3-2-4-14-11(9)13/h2-6,16H,1H3. The summed E-state index contributed by atoms with van der Waals surface area (Å²) in [4.78, 5) is 7.69. The Morgan fingerprint density at radius 3 is 2.74 bits per heavy atom. The Morgan fingerprint density at radius 1 is 1.37 bits per heavy atom. The molecule has 0 atom stereocenters. The third kappa shape index (κ3) is 3.23. The number of hydrogen-bond acceptors (Lipinski definition) is 4. The number of sulfonamides is 1. The summed E-state index contributed by atoms with van der Waals surface area (Å²) < 4.78 is 27.4. The number of aryl methyl sites for hydroxylation is 1. The van der Waals surface area contributed by atoms with E-state index in [1.165, 1.54) is 24.5 Å². The molecule has 0 aliphatic heterocycles. The van der Waals surface area contributed by atoms with E-state index in [9.17, 15) is 8.42 Å². The molecule has 100 valence electrons. The zero-order chi connectivity index (χ0) is 14.0. The van der Waals surface area contributed by atoms with Crippen molar-refractivity contribution in [3.05, 3.63) is 45.9 Å². The molecule has 8 heteroatoms. The second-order valence-corrected chi connectivity index (χ2v) is 6.49. The Labute approximate surface area is 124 Å². The molecule has 0 saturated heterocycles. The zero-order valence-corrected chi connectivity index (χ0v) is 12.9. The third-order valence-corrected chi connectivity index (χ3v) is 4.94. The number of nitrogens with one attached hydrogen (secondary N) is 1. The molecule has 0 amide bonds. The smallest absolute Gasteiger partial charge is 0.265 e. The zero-order valence-electron chi connectivity index (χ0n) is 9.76. The lowest BCUT2D eigenvalue weighted by Gasteiger charge is -2.09. The van der Waals surface area contributed by atoms with Crippen molar-refractivity contribution in [2.24, 2.45) is 0 Å². The van der Waals surface area contributed by atoms with E-state index in [0.29, 0.717) is 10.3 Å². The lowest BCUT2D eigenvalue weighted by molar-refractivity contribution is 0.601. The van der Waals surface area contributed by atoms with Crippen molar-refractivity contribution in [3.63, 3.8) is 0 Å². The minimum Gasteiger partial charge on any atom is -0.278 e. The summed E-state index contributed by atoms with van der Waals surface area (Å²) in [6.07, 6.45) is 2.84. The quantitative estimate of drug-likeness (QED) is 0.852. The van der Waals surface area contributed by atoms with Crippen LogP contribution in [0.25, 0.3) is 0 Å². The van der Waals surface area contributed by atoms with Gasteiger partial charge in [0, 0.05) is 6.20 Å². The van der Waals surface area contributed by atoms with Gasteiger partial charge in [-0.3, -0.25) is 4.72 Å². The number of rotatable bonds is 3. The van der Waals surface area contributed by atoms with Crippen LogP contribution in [0, 0.1) is 6.92 Å². The molecular weight excluding hydrogens is 354 g/mol. The van der Waals surface area contributed by atoms with Crippen LogP contribution >= 0.6 is 27.5 Å². The summed E-state index contributed by atoms with van der Waals surface area (Å²) in [7, 11) is -3.77. The van der Waals surface area contributed by atoms with Crippen molar-refractivity contribution in [1.29, 1.82) is 0 Å². The van der Waals surface area contributed by atoms with Crippen molar-refractivity contribution in [2.45, 2.75) is 11.8 Å². The summed E-state index contributed by atoms with van der Waals surface area (Å²) >= 11 is 9.02. The highest BCUT2D eigenvalue weighted by Gasteiger charge is 2.18. The molecule has 2 rings (SSSR count). The Morgan fingerprint density at radius 2 is 2.11 bits per heavy atom. The van der Waals surface area contributed by atoms with Crippen molar-refractivity contribution in [3.8, 4) is 0 Å². The van der Waals surface area contributed by atoms with Gasteiger partial charge < -0.3 is 0 Å². The first-order chi connectivity index (χ1) is 8.90. The Hall–Kier alpha value is -1.18. The molecule has 2 aromatic rings. The van der Waals surface area contributed by atoms with Crippen molar-refractivity contribution >= 4 is 43.2 Å². The molecule has 0 radical (unpaired) electrons. The summed E-state index contributed by atoms with van der Waals surface area (Å²) in [6.45, 7) is 1.81. The Kier molecular flexibility index (Phi) is 4.07. The average Bonchev–Trinajstić information content (AvgIpc) is 2.34. The number of hydrogen-bond donors (Lipinski definition) is 1. The molecule has 0 saturated carbocycles. The summed E-state index contributed by atoms with van der Waals surface area (Å²) in [5.74, 6) is 0. The molecule has 0 spiro atoms. The number of aromatic nitrogens is 2. The maximum atomic E-state index is 12.1. The van der Waals surface area contributed by atoms with Gasteiger partial charge >= 0.3 is 0 Å². The van der Waals surface area contributed by atoms with Crippen LogP contribution in [0.1, 0.15) is 5.56 Å². The van der Waals surface area contributed by atoms with Crippen LogP contribution in [0.15, 0.2) is 40.1 Å². The van der Waals surface area contributed by atoms with Crippen LogP contribution in [0.5, 0.6) is 0 Å². The molecule has 0 fully saturated rings. The highest BCUT2D eigenvalue weighted by molar-refractivity contribution is 9.10. The summed E-state index contributed by atoms with van der Waals surface area (Å²) in [5, 5.41) is -0.0724. The first-order valence-corrected chi connectivity index (χ1v) is 7.81. The van der Waals surface area contributed by atoms with Gasteiger partial charge in [-0.15, -0.1) is 0 Å². The van der Waals surface area contributed by atoms with Gasteiger partial charge in [0.2, 0.25) is 0 Å². The maximum absolute atomic E-state index is 12.1. The second kappa shape index (κ2) is 5.44. The number of pyridine rings is 2. The Bertz CT molecular complexity index is 722. The molecule has 0 bridgehead atoms. The molecule has 2 heterocycles. The van der Waals surface area contributed by atoms with Crippen LogP contribution < -0.4 is 4.72 Å². The third-order valence-electron chi connectivity index (χ3n) is 2.28. The van der Waals surface area contributed by atoms with Crippen molar-refractivity contribution in [2.75, 3.05) is 4.72 Å². The highest BCUT2D eigenvalue weighted by Crippen LogP contribution is 2.23.